The number of rotatable bonds is 7. The van der Waals surface area contributed by atoms with Crippen LogP contribution in [0.15, 0.2) is 42.0 Å². The van der Waals surface area contributed by atoms with Gasteiger partial charge in [0, 0.05) is 30.5 Å². The van der Waals surface area contributed by atoms with Gasteiger partial charge in [0.15, 0.2) is 5.78 Å². The summed E-state index contributed by atoms with van der Waals surface area (Å²) in [4.78, 5) is 14.2. The van der Waals surface area contributed by atoms with Gasteiger partial charge >= 0.3 is 6.18 Å². The monoisotopic (exact) mass is 404 g/mol. The predicted octanol–water partition coefficient (Wildman–Crippen LogP) is 3.20. The highest BCUT2D eigenvalue weighted by Crippen LogP contribution is 2.45. The minimum absolute atomic E-state index is 0.207. The fourth-order valence-corrected chi connectivity index (χ4v) is 3.27. The van der Waals surface area contributed by atoms with Gasteiger partial charge in [-0.2, -0.15) is 18.4 Å². The lowest BCUT2D eigenvalue weighted by Gasteiger charge is -2.20. The number of benzene rings is 2. The smallest absolute Gasteiger partial charge is 0.394 e. The zero-order chi connectivity index (χ0) is 21.2. The molecule has 0 bridgehead atoms. The molecule has 1 fully saturated rings. The van der Waals surface area contributed by atoms with Crippen LogP contribution in [0.5, 0.6) is 0 Å². The van der Waals surface area contributed by atoms with Crippen LogP contribution in [0.4, 0.5) is 18.9 Å². The lowest BCUT2D eigenvalue weighted by molar-refractivity contribution is -0.116. The van der Waals surface area contributed by atoms with Crippen molar-refractivity contribution < 1.29 is 28.2 Å². The van der Waals surface area contributed by atoms with E-state index in [1.54, 1.807) is 35.2 Å². The van der Waals surface area contributed by atoms with E-state index in [1.807, 2.05) is 0 Å². The van der Waals surface area contributed by atoms with Gasteiger partial charge in [0.1, 0.15) is 11.6 Å². The van der Waals surface area contributed by atoms with Gasteiger partial charge in [-0.05, 0) is 11.8 Å². The number of aliphatic hydroxyl groups excluding tert-OH is 2. The Hall–Kier alpha value is -2.89. The Morgan fingerprint density at radius 3 is 2.48 bits per heavy atom. The molecule has 5 nitrogen and oxygen atoms in total. The first kappa shape index (κ1) is 20.8. The van der Waals surface area contributed by atoms with Crippen LogP contribution in [0.1, 0.15) is 18.4 Å². The van der Waals surface area contributed by atoms with Crippen LogP contribution >= 0.6 is 0 Å². The van der Waals surface area contributed by atoms with Crippen LogP contribution < -0.4 is 4.90 Å². The van der Waals surface area contributed by atoms with E-state index >= 15 is 0 Å². The van der Waals surface area contributed by atoms with E-state index in [2.05, 4.69) is 0 Å². The molecule has 3 rings (SSSR count). The second kappa shape index (κ2) is 8.23. The number of anilines is 1. The van der Waals surface area contributed by atoms with E-state index in [-0.39, 0.29) is 12.0 Å². The van der Waals surface area contributed by atoms with Gasteiger partial charge in [0.2, 0.25) is 0 Å². The van der Waals surface area contributed by atoms with E-state index in [0.717, 1.165) is 5.39 Å². The largest absolute Gasteiger partial charge is 0.418 e. The maximum atomic E-state index is 14.1. The molecular formula is C21H19F3N2O3. The van der Waals surface area contributed by atoms with Gasteiger partial charge in [-0.3, -0.25) is 4.79 Å². The van der Waals surface area contributed by atoms with Crippen LogP contribution in [-0.4, -0.2) is 48.0 Å². The average Bonchev–Trinajstić information content (AvgIpc) is 3.53. The molecule has 2 aromatic carbocycles. The highest BCUT2D eigenvalue weighted by atomic mass is 19.4. The SMILES string of the molecule is N#C/C(C(=O)CCC(O)CO)=C(\c1ccc2ccccc2c1N1CC1)C(F)(F)F. The van der Waals surface area contributed by atoms with Crippen LogP contribution in [-0.2, 0) is 4.79 Å². The second-order valence-electron chi connectivity index (χ2n) is 6.83. The number of ketones is 1. The van der Waals surface area contributed by atoms with Crippen LogP contribution in [0.2, 0.25) is 0 Å². The number of fused-ring (bicyclic) bond motifs is 1. The third kappa shape index (κ3) is 4.42. The number of Topliss-reactive ketones (excluding diaryl/α,β-unsaturated/α-hetero) is 1. The fourth-order valence-electron chi connectivity index (χ4n) is 3.27. The van der Waals surface area contributed by atoms with Crippen molar-refractivity contribution in [3.05, 3.63) is 47.5 Å². The summed E-state index contributed by atoms with van der Waals surface area (Å²) in [5, 5.41) is 29.0. The molecule has 1 atom stereocenters. The summed E-state index contributed by atoms with van der Waals surface area (Å²) in [6.07, 6.45) is -6.87. The van der Waals surface area contributed by atoms with Crippen LogP contribution in [0, 0.1) is 11.3 Å². The summed E-state index contributed by atoms with van der Waals surface area (Å²) in [7, 11) is 0. The molecule has 1 aliphatic heterocycles. The van der Waals surface area contributed by atoms with Crippen LogP contribution in [0.3, 0.4) is 0 Å². The molecule has 2 aromatic rings. The van der Waals surface area contributed by atoms with E-state index in [0.29, 0.717) is 24.2 Å². The maximum Gasteiger partial charge on any atom is 0.418 e. The number of hydrogen-bond donors (Lipinski definition) is 2. The van der Waals surface area contributed by atoms with Crippen molar-refractivity contribution in [2.75, 3.05) is 24.6 Å². The number of allylic oxidation sites excluding steroid dienone is 2. The molecule has 0 radical (unpaired) electrons. The number of alkyl halides is 3. The zero-order valence-electron chi connectivity index (χ0n) is 15.4. The number of nitriles is 1. The average molecular weight is 404 g/mol. The number of hydrogen-bond acceptors (Lipinski definition) is 5. The number of aliphatic hydroxyl groups is 2. The predicted molar refractivity (Wildman–Crippen MR) is 102 cm³/mol. The number of carbonyl (C=O) groups excluding carboxylic acids is 1. The quantitative estimate of drug-likeness (QED) is 0.421. The molecule has 0 aromatic heterocycles. The van der Waals surface area contributed by atoms with Crippen LogP contribution in [0.25, 0.3) is 16.3 Å². The number of nitrogens with zero attached hydrogens (tertiary/aromatic N) is 2. The Kier molecular flexibility index (Phi) is 5.91. The number of carbonyl (C=O) groups is 1. The van der Waals surface area contributed by atoms with Crippen molar-refractivity contribution in [1.29, 1.82) is 5.26 Å². The molecule has 2 N–H and O–H groups in total. The molecule has 1 unspecified atom stereocenters. The highest BCUT2D eigenvalue weighted by Gasteiger charge is 2.42. The van der Waals surface area contributed by atoms with E-state index in [1.165, 1.54) is 12.1 Å². The molecule has 1 aliphatic rings. The molecule has 8 heteroatoms. The van der Waals surface area contributed by atoms with Gasteiger partial charge in [-0.15, -0.1) is 0 Å². The Bertz CT molecular complexity index is 1000. The first-order chi connectivity index (χ1) is 13.8. The second-order valence-corrected chi connectivity index (χ2v) is 6.83. The van der Waals surface area contributed by atoms with E-state index in [4.69, 9.17) is 5.11 Å². The van der Waals surface area contributed by atoms with Crippen molar-refractivity contribution in [3.8, 4) is 6.07 Å². The summed E-state index contributed by atoms with van der Waals surface area (Å²) in [5.74, 6) is -1.02. The van der Waals surface area contributed by atoms with Crippen molar-refractivity contribution in [1.82, 2.24) is 0 Å². The summed E-state index contributed by atoms with van der Waals surface area (Å²) in [5.41, 5.74) is -2.11. The lowest BCUT2D eigenvalue weighted by Crippen LogP contribution is -2.20. The van der Waals surface area contributed by atoms with Crippen molar-refractivity contribution in [3.63, 3.8) is 0 Å². The molecule has 152 valence electrons. The standard InChI is InChI=1S/C21H19F3N2O3/c22-21(23,24)19(17(11-25)18(29)8-6-14(28)12-27)16-7-5-13-3-1-2-4-15(13)20(16)26-9-10-26/h1-5,7,14,27-28H,6,8-10,12H2/b19-17-. The molecule has 0 saturated carbocycles. The first-order valence-electron chi connectivity index (χ1n) is 9.08. The summed E-state index contributed by atoms with van der Waals surface area (Å²) >= 11 is 0. The molecule has 29 heavy (non-hydrogen) atoms. The Morgan fingerprint density at radius 1 is 1.21 bits per heavy atom. The van der Waals surface area contributed by atoms with Gasteiger partial charge in [-0.1, -0.05) is 36.4 Å². The number of halogens is 3. The molecule has 0 aliphatic carbocycles. The Labute approximate surface area is 165 Å². The third-order valence-electron chi connectivity index (χ3n) is 4.77. The van der Waals surface area contributed by atoms with Gasteiger partial charge < -0.3 is 15.1 Å². The molecule has 1 heterocycles. The third-order valence-corrected chi connectivity index (χ3v) is 4.77. The molecule has 1 saturated heterocycles. The van der Waals surface area contributed by atoms with Gasteiger partial charge in [0.05, 0.1) is 24.0 Å². The molecule has 0 spiro atoms. The summed E-state index contributed by atoms with van der Waals surface area (Å²) in [6.45, 7) is 0.560. The Balaban J connectivity index is 2.19. The minimum atomic E-state index is -4.93. The van der Waals surface area contributed by atoms with E-state index < -0.39 is 42.2 Å². The van der Waals surface area contributed by atoms with Crippen molar-refractivity contribution in [2.24, 2.45) is 0 Å². The summed E-state index contributed by atoms with van der Waals surface area (Å²) < 4.78 is 42.2. The summed E-state index contributed by atoms with van der Waals surface area (Å²) in [6, 6.07) is 11.3. The molecular weight excluding hydrogens is 385 g/mol. The lowest BCUT2D eigenvalue weighted by atomic mass is 9.91. The topological polar surface area (TPSA) is 84.3 Å². The Morgan fingerprint density at radius 2 is 1.90 bits per heavy atom. The zero-order valence-corrected chi connectivity index (χ0v) is 15.4. The minimum Gasteiger partial charge on any atom is -0.394 e. The highest BCUT2D eigenvalue weighted by molar-refractivity contribution is 6.10. The van der Waals surface area contributed by atoms with Gasteiger partial charge in [-0.25, -0.2) is 0 Å². The van der Waals surface area contributed by atoms with Crippen molar-refractivity contribution in [2.45, 2.75) is 25.1 Å². The normalized spacial score (nSPS) is 15.7. The molecule has 0 amide bonds. The van der Waals surface area contributed by atoms with Gasteiger partial charge in [0.25, 0.3) is 0 Å². The van der Waals surface area contributed by atoms with E-state index in [9.17, 15) is 28.3 Å². The van der Waals surface area contributed by atoms with Crippen molar-refractivity contribution >= 4 is 27.8 Å². The first-order valence-corrected chi connectivity index (χ1v) is 9.08. The fraction of sp³-hybridized carbons (Fsp3) is 0.333. The maximum absolute atomic E-state index is 14.1.